The zero-order valence-corrected chi connectivity index (χ0v) is 22.8. The second-order valence-corrected chi connectivity index (χ2v) is 15.5. The summed E-state index contributed by atoms with van der Waals surface area (Å²) in [6.07, 6.45) is 7.25. The number of hydroxylamine groups is 1. The lowest BCUT2D eigenvalue weighted by atomic mass is 9.68. The molecule has 0 spiro atoms. The molecule has 3 rings (SSSR count). The van der Waals surface area contributed by atoms with E-state index in [-0.39, 0.29) is 29.8 Å². The Labute approximate surface area is 204 Å². The van der Waals surface area contributed by atoms with Crippen molar-refractivity contribution in [1.82, 2.24) is 0 Å². The molecule has 0 amide bonds. The fourth-order valence-electron chi connectivity index (χ4n) is 4.66. The first-order valence-electron chi connectivity index (χ1n) is 11.9. The Morgan fingerprint density at radius 3 is 2.65 bits per heavy atom. The zero-order valence-electron chi connectivity index (χ0n) is 21.8. The van der Waals surface area contributed by atoms with Crippen LogP contribution in [0.4, 0.5) is 0 Å². The number of hydrogen-bond donors (Lipinski definition) is 0. The molecular weight excluding hydrogens is 450 g/mol. The van der Waals surface area contributed by atoms with Gasteiger partial charge < -0.3 is 23.8 Å². The molecule has 188 valence electrons. The lowest BCUT2D eigenvalue weighted by molar-refractivity contribution is -0.418. The van der Waals surface area contributed by atoms with Crippen molar-refractivity contribution in [1.29, 1.82) is 0 Å². The normalized spacial score (nSPS) is 24.3. The Bertz CT molecular complexity index is 976. The van der Waals surface area contributed by atoms with Crippen molar-refractivity contribution in [2.75, 3.05) is 20.8 Å². The average Bonchev–Trinajstić information content (AvgIpc) is 3.07. The lowest BCUT2D eigenvalue weighted by Gasteiger charge is -2.45. The Balaban J connectivity index is 2.13. The first-order valence-corrected chi connectivity index (χ1v) is 14.8. The highest BCUT2D eigenvalue weighted by Gasteiger charge is 2.56. The molecule has 1 aromatic rings. The van der Waals surface area contributed by atoms with Crippen LogP contribution in [0.1, 0.15) is 51.7 Å². The maximum absolute atomic E-state index is 11.7. The van der Waals surface area contributed by atoms with Gasteiger partial charge in [0.25, 0.3) is 0 Å². The van der Waals surface area contributed by atoms with Crippen molar-refractivity contribution in [2.24, 2.45) is 0 Å². The number of carbonyl (C=O) groups excluding carboxylic acids is 1. The number of nitrogens with zero attached hydrogens (tertiary/aromatic N) is 1. The molecule has 0 saturated carbocycles. The summed E-state index contributed by atoms with van der Waals surface area (Å²) in [5, 5.41) is 11.7. The summed E-state index contributed by atoms with van der Waals surface area (Å²) in [5.41, 5.74) is 1.42. The SMILES string of the molecule is COc1ccc(C/C=[N+](/C)[O-])c2c1O[C@@H]1[C@@H](O[Si](C)(C)C(C)(C)C)CC=C[C@]21CCOC(C)=O. The van der Waals surface area contributed by atoms with Crippen LogP contribution in [-0.4, -0.2) is 58.2 Å². The number of methoxy groups -OCH3 is 1. The van der Waals surface area contributed by atoms with E-state index in [0.717, 1.165) is 22.3 Å². The van der Waals surface area contributed by atoms with E-state index in [9.17, 15) is 10.0 Å². The quantitative estimate of drug-likeness (QED) is 0.0997. The minimum absolute atomic E-state index is 0.0521. The maximum Gasteiger partial charge on any atom is 0.302 e. The van der Waals surface area contributed by atoms with Gasteiger partial charge in [-0.1, -0.05) is 39.0 Å². The number of fused-ring (bicyclic) bond motifs is 3. The summed E-state index contributed by atoms with van der Waals surface area (Å²) in [6, 6.07) is 3.88. The van der Waals surface area contributed by atoms with Crippen LogP contribution in [0.5, 0.6) is 11.5 Å². The number of ether oxygens (including phenoxy) is 3. The van der Waals surface area contributed by atoms with Crippen molar-refractivity contribution in [2.45, 2.75) is 82.7 Å². The summed E-state index contributed by atoms with van der Waals surface area (Å²) in [5.74, 6) is 1.02. The predicted molar refractivity (Wildman–Crippen MR) is 135 cm³/mol. The molecule has 1 aliphatic heterocycles. The van der Waals surface area contributed by atoms with E-state index in [0.29, 0.717) is 24.3 Å². The van der Waals surface area contributed by atoms with Gasteiger partial charge in [0.05, 0.1) is 31.7 Å². The monoisotopic (exact) mass is 489 g/mol. The molecule has 3 atom stereocenters. The number of benzene rings is 1. The Kier molecular flexibility index (Phi) is 7.53. The molecule has 8 heteroatoms. The molecular formula is C26H39NO6Si. The highest BCUT2D eigenvalue weighted by atomic mass is 28.4. The van der Waals surface area contributed by atoms with Crippen molar-refractivity contribution in [3.63, 3.8) is 0 Å². The third-order valence-electron chi connectivity index (χ3n) is 7.41. The van der Waals surface area contributed by atoms with Crippen molar-refractivity contribution in [3.05, 3.63) is 40.6 Å². The highest BCUT2D eigenvalue weighted by molar-refractivity contribution is 6.74. The fraction of sp³-hybridized carbons (Fsp3) is 0.615. The summed E-state index contributed by atoms with van der Waals surface area (Å²) < 4.78 is 25.5. The van der Waals surface area contributed by atoms with Gasteiger partial charge in [0.15, 0.2) is 26.0 Å². The van der Waals surface area contributed by atoms with Gasteiger partial charge >= 0.3 is 5.97 Å². The largest absolute Gasteiger partial charge is 0.624 e. The van der Waals surface area contributed by atoms with Crippen LogP contribution < -0.4 is 9.47 Å². The van der Waals surface area contributed by atoms with Gasteiger partial charge in [-0.25, -0.2) is 4.74 Å². The molecule has 0 saturated heterocycles. The number of carbonyl (C=O) groups is 1. The fourth-order valence-corrected chi connectivity index (χ4v) is 6.00. The third kappa shape index (κ3) is 5.03. The maximum atomic E-state index is 11.7. The molecule has 0 bridgehead atoms. The zero-order chi connectivity index (χ0) is 25.3. The topological polar surface area (TPSA) is 80.1 Å². The standard InChI is InChI=1S/C26H39NO6Si/c1-18(28)31-17-15-26-14-9-10-21(33-34(7,8)25(2,3)4)24(26)32-23-20(30-6)12-11-19(22(23)26)13-16-27(5)29/h9,11-12,14,16,21,24H,10,13,15,17H2,1-8H3/b27-16-/t21-,24+,26-/m0/s1. The van der Waals surface area contributed by atoms with Crippen LogP contribution in [-0.2, 0) is 25.8 Å². The van der Waals surface area contributed by atoms with Crippen LogP contribution in [0.15, 0.2) is 24.3 Å². The second kappa shape index (κ2) is 9.74. The summed E-state index contributed by atoms with van der Waals surface area (Å²) in [7, 11) is 1.02. The molecule has 0 N–H and O–H groups in total. The van der Waals surface area contributed by atoms with Gasteiger partial charge in [-0.15, -0.1) is 0 Å². The van der Waals surface area contributed by atoms with Crippen molar-refractivity contribution < 1.29 is 28.2 Å². The Hall–Kier alpha value is -2.32. The molecule has 7 nitrogen and oxygen atoms in total. The van der Waals surface area contributed by atoms with Crippen LogP contribution in [0, 0.1) is 5.21 Å². The summed E-state index contributed by atoms with van der Waals surface area (Å²) in [4.78, 5) is 11.6. The first kappa shape index (κ1) is 26.3. The van der Waals surface area contributed by atoms with Gasteiger partial charge in [-0.05, 0) is 42.6 Å². The summed E-state index contributed by atoms with van der Waals surface area (Å²) >= 11 is 0. The molecule has 1 heterocycles. The van der Waals surface area contributed by atoms with Gasteiger partial charge in [-0.3, -0.25) is 4.79 Å². The van der Waals surface area contributed by atoms with E-state index < -0.39 is 13.7 Å². The molecule has 0 aromatic heterocycles. The molecule has 1 aromatic carbocycles. The number of hydrogen-bond acceptors (Lipinski definition) is 6. The van der Waals surface area contributed by atoms with E-state index >= 15 is 0 Å². The van der Waals surface area contributed by atoms with Gasteiger partial charge in [0.2, 0.25) is 0 Å². The predicted octanol–water partition coefficient (Wildman–Crippen LogP) is 4.75. The first-order chi connectivity index (χ1) is 15.8. The van der Waals surface area contributed by atoms with Crippen LogP contribution >= 0.6 is 0 Å². The minimum atomic E-state index is -2.09. The molecule has 1 aliphatic carbocycles. The third-order valence-corrected chi connectivity index (χ3v) is 11.9. The molecule has 2 aliphatic rings. The molecule has 34 heavy (non-hydrogen) atoms. The number of rotatable bonds is 8. The molecule has 0 fully saturated rings. The Morgan fingerprint density at radius 2 is 2.06 bits per heavy atom. The van der Waals surface area contributed by atoms with E-state index in [1.807, 2.05) is 12.1 Å². The van der Waals surface area contributed by atoms with E-state index in [2.05, 4.69) is 46.0 Å². The van der Waals surface area contributed by atoms with Gasteiger partial charge in [0, 0.05) is 12.5 Å². The van der Waals surface area contributed by atoms with Crippen molar-refractivity contribution in [3.8, 4) is 11.5 Å². The van der Waals surface area contributed by atoms with E-state index in [1.165, 1.54) is 14.0 Å². The highest BCUT2D eigenvalue weighted by Crippen LogP contribution is 2.55. The van der Waals surface area contributed by atoms with Crippen LogP contribution in [0.2, 0.25) is 18.1 Å². The second-order valence-electron chi connectivity index (χ2n) is 10.8. The van der Waals surface area contributed by atoms with Gasteiger partial charge in [-0.2, -0.15) is 0 Å². The average molecular weight is 490 g/mol. The molecule has 0 unspecified atom stereocenters. The smallest absolute Gasteiger partial charge is 0.302 e. The van der Waals surface area contributed by atoms with Crippen molar-refractivity contribution >= 4 is 20.5 Å². The Morgan fingerprint density at radius 1 is 1.35 bits per heavy atom. The number of esters is 1. The van der Waals surface area contributed by atoms with Crippen LogP contribution in [0.3, 0.4) is 0 Å². The lowest BCUT2D eigenvalue weighted by Crippen LogP contribution is -2.54. The summed E-state index contributed by atoms with van der Waals surface area (Å²) in [6.45, 7) is 12.9. The van der Waals surface area contributed by atoms with E-state index in [4.69, 9.17) is 18.6 Å². The van der Waals surface area contributed by atoms with Gasteiger partial charge in [0.1, 0.15) is 13.2 Å². The minimum Gasteiger partial charge on any atom is -0.624 e. The molecule has 0 radical (unpaired) electrons. The van der Waals surface area contributed by atoms with Crippen LogP contribution in [0.25, 0.3) is 0 Å². The van der Waals surface area contributed by atoms with E-state index in [1.54, 1.807) is 13.3 Å².